The van der Waals surface area contributed by atoms with Crippen molar-refractivity contribution >= 4 is 11.0 Å². The number of aryl methyl sites for hydroxylation is 2. The van der Waals surface area contributed by atoms with Crippen molar-refractivity contribution in [3.05, 3.63) is 29.1 Å². The maximum Gasteiger partial charge on any atom is 0.175 e. The first-order valence-electron chi connectivity index (χ1n) is 7.68. The molecule has 0 radical (unpaired) electrons. The van der Waals surface area contributed by atoms with Crippen LogP contribution in [-0.4, -0.2) is 34.0 Å². The van der Waals surface area contributed by atoms with Crippen LogP contribution in [0.2, 0.25) is 0 Å². The van der Waals surface area contributed by atoms with Gasteiger partial charge in [-0.2, -0.15) is 0 Å². The number of ether oxygens (including phenoxy) is 2. The molecule has 0 aromatic carbocycles. The highest BCUT2D eigenvalue weighted by molar-refractivity contribution is 5.72. The molecule has 120 valence electrons. The fraction of sp³-hybridized carbons (Fsp3) is 0.562. The fourth-order valence-electron chi connectivity index (χ4n) is 2.23. The molecule has 1 fully saturated rings. The molecule has 0 amide bonds. The number of nitrogens with one attached hydrogen (secondary N) is 1. The summed E-state index contributed by atoms with van der Waals surface area (Å²) in [5.41, 5.74) is 2.75. The number of fused-ring (bicyclic) bond motifs is 1. The van der Waals surface area contributed by atoms with Gasteiger partial charge in [0.2, 0.25) is 0 Å². The molecule has 0 saturated carbocycles. The molecule has 2 aromatic rings. The van der Waals surface area contributed by atoms with E-state index < -0.39 is 0 Å². The van der Waals surface area contributed by atoms with E-state index in [1.54, 1.807) is 10.8 Å². The van der Waals surface area contributed by atoms with Gasteiger partial charge in [-0.25, -0.2) is 4.98 Å². The molecule has 0 bridgehead atoms. The largest absolute Gasteiger partial charge is 0.348 e. The first-order valence-corrected chi connectivity index (χ1v) is 7.68. The van der Waals surface area contributed by atoms with Gasteiger partial charge in [0.05, 0.1) is 25.3 Å². The van der Waals surface area contributed by atoms with Crippen LogP contribution in [0.3, 0.4) is 0 Å². The van der Waals surface area contributed by atoms with E-state index in [0.29, 0.717) is 30.8 Å². The minimum Gasteiger partial charge on any atom is -0.348 e. The molecule has 6 heteroatoms. The minimum absolute atomic E-state index is 0.294. The van der Waals surface area contributed by atoms with Crippen molar-refractivity contribution in [2.75, 3.05) is 13.2 Å². The van der Waals surface area contributed by atoms with Gasteiger partial charge in [0.15, 0.2) is 11.8 Å². The Hall–Kier alpha value is -1.79. The van der Waals surface area contributed by atoms with Crippen molar-refractivity contribution in [3.8, 4) is 0 Å². The molecule has 3 rings (SSSR count). The number of nitrogens with zero attached hydrogens (tertiary/aromatic N) is 3. The molecule has 0 spiro atoms. The zero-order chi connectivity index (χ0) is 16.1. The third-order valence-corrected chi connectivity index (χ3v) is 3.19. The summed E-state index contributed by atoms with van der Waals surface area (Å²) < 4.78 is 12.6. The number of aromatic nitrogens is 3. The van der Waals surface area contributed by atoms with E-state index in [0.717, 1.165) is 16.9 Å². The van der Waals surface area contributed by atoms with Gasteiger partial charge in [-0.15, -0.1) is 0 Å². The molecule has 0 aliphatic carbocycles. The topological polar surface area (TPSA) is 73.0 Å². The third-order valence-electron chi connectivity index (χ3n) is 3.19. The van der Waals surface area contributed by atoms with Crippen molar-refractivity contribution < 1.29 is 9.47 Å². The van der Waals surface area contributed by atoms with Gasteiger partial charge in [0.25, 0.3) is 0 Å². The molecule has 0 unspecified atom stereocenters. The van der Waals surface area contributed by atoms with Crippen LogP contribution in [-0.2, 0) is 16.0 Å². The Morgan fingerprint density at radius 2 is 1.91 bits per heavy atom. The SMILES string of the molecule is CCC.Cc1cnc2c(=N)n(CC3OCCO3)c(C)nc2c1. The summed E-state index contributed by atoms with van der Waals surface area (Å²) in [6.45, 7) is 9.79. The summed E-state index contributed by atoms with van der Waals surface area (Å²) in [7, 11) is 0. The maximum atomic E-state index is 8.26. The smallest absolute Gasteiger partial charge is 0.175 e. The number of rotatable bonds is 2. The molecule has 1 N–H and O–H groups in total. The van der Waals surface area contributed by atoms with E-state index in [2.05, 4.69) is 23.8 Å². The van der Waals surface area contributed by atoms with Crippen molar-refractivity contribution in [2.45, 2.75) is 47.0 Å². The van der Waals surface area contributed by atoms with Gasteiger partial charge in [0.1, 0.15) is 11.3 Å². The molecule has 22 heavy (non-hydrogen) atoms. The summed E-state index contributed by atoms with van der Waals surface area (Å²) in [4.78, 5) is 8.81. The summed E-state index contributed by atoms with van der Waals surface area (Å²) in [6.07, 6.45) is 2.71. The van der Waals surface area contributed by atoms with E-state index in [-0.39, 0.29) is 6.29 Å². The highest BCUT2D eigenvalue weighted by Crippen LogP contribution is 2.10. The van der Waals surface area contributed by atoms with Gasteiger partial charge >= 0.3 is 0 Å². The van der Waals surface area contributed by atoms with Crippen molar-refractivity contribution in [2.24, 2.45) is 0 Å². The second kappa shape index (κ2) is 7.47. The Morgan fingerprint density at radius 3 is 2.55 bits per heavy atom. The van der Waals surface area contributed by atoms with E-state index in [1.807, 2.05) is 19.9 Å². The first kappa shape index (κ1) is 16.6. The molecule has 1 aliphatic heterocycles. The summed E-state index contributed by atoms with van der Waals surface area (Å²) in [6, 6.07) is 1.94. The highest BCUT2D eigenvalue weighted by atomic mass is 16.7. The zero-order valence-electron chi connectivity index (χ0n) is 13.7. The summed E-state index contributed by atoms with van der Waals surface area (Å²) in [5, 5.41) is 8.26. The van der Waals surface area contributed by atoms with Crippen LogP contribution in [0.5, 0.6) is 0 Å². The van der Waals surface area contributed by atoms with Crippen LogP contribution in [0.15, 0.2) is 12.3 Å². The van der Waals surface area contributed by atoms with Gasteiger partial charge in [0, 0.05) is 6.20 Å². The van der Waals surface area contributed by atoms with E-state index in [1.165, 1.54) is 6.42 Å². The van der Waals surface area contributed by atoms with Crippen molar-refractivity contribution in [3.63, 3.8) is 0 Å². The van der Waals surface area contributed by atoms with Crippen LogP contribution in [0.1, 0.15) is 31.7 Å². The minimum atomic E-state index is -0.294. The average Bonchev–Trinajstić information content (AvgIpc) is 2.97. The lowest BCUT2D eigenvalue weighted by Gasteiger charge is -2.15. The van der Waals surface area contributed by atoms with Gasteiger partial charge < -0.3 is 14.0 Å². The molecule has 6 nitrogen and oxygen atoms in total. The Morgan fingerprint density at radius 1 is 1.27 bits per heavy atom. The van der Waals surface area contributed by atoms with Crippen LogP contribution < -0.4 is 5.49 Å². The second-order valence-electron chi connectivity index (χ2n) is 5.38. The third kappa shape index (κ3) is 3.69. The van der Waals surface area contributed by atoms with Gasteiger partial charge in [-0.05, 0) is 25.5 Å². The molecule has 3 heterocycles. The van der Waals surface area contributed by atoms with Crippen LogP contribution in [0.25, 0.3) is 11.0 Å². The number of hydrogen-bond acceptors (Lipinski definition) is 5. The Labute approximate surface area is 130 Å². The number of hydrogen-bond donors (Lipinski definition) is 1. The Kier molecular flexibility index (Phi) is 5.63. The predicted octanol–water partition coefficient (Wildman–Crippen LogP) is 2.32. The quantitative estimate of drug-likeness (QED) is 0.924. The lowest BCUT2D eigenvalue weighted by atomic mass is 10.2. The molecular formula is C16H24N4O2. The second-order valence-corrected chi connectivity index (χ2v) is 5.38. The van der Waals surface area contributed by atoms with E-state index in [9.17, 15) is 0 Å². The van der Waals surface area contributed by atoms with E-state index >= 15 is 0 Å². The molecule has 0 atom stereocenters. The zero-order valence-corrected chi connectivity index (χ0v) is 13.7. The van der Waals surface area contributed by atoms with E-state index in [4.69, 9.17) is 14.9 Å². The highest BCUT2D eigenvalue weighted by Gasteiger charge is 2.18. The molecule has 2 aromatic heterocycles. The fourth-order valence-corrected chi connectivity index (χ4v) is 2.23. The van der Waals surface area contributed by atoms with Crippen LogP contribution in [0.4, 0.5) is 0 Å². The lowest BCUT2D eigenvalue weighted by Crippen LogP contribution is -2.30. The molecule has 1 saturated heterocycles. The molecule has 1 aliphatic rings. The Balaban J connectivity index is 0.000000545. The van der Waals surface area contributed by atoms with Crippen molar-refractivity contribution in [1.82, 2.24) is 14.5 Å². The normalized spacial score (nSPS) is 14.9. The lowest BCUT2D eigenvalue weighted by molar-refractivity contribution is -0.0537. The summed E-state index contributed by atoms with van der Waals surface area (Å²) >= 11 is 0. The predicted molar refractivity (Wildman–Crippen MR) is 84.5 cm³/mol. The monoisotopic (exact) mass is 304 g/mol. The van der Waals surface area contributed by atoms with Crippen LogP contribution in [0, 0.1) is 19.3 Å². The standard InChI is InChI=1S/C13H16N4O2.C3H8/c1-8-5-10-12(15-6-8)13(14)17(9(2)16-10)7-11-18-3-4-19-11;1-3-2/h5-6,11,14H,3-4,7H2,1-2H3;3H2,1-2H3. The van der Waals surface area contributed by atoms with Gasteiger partial charge in [-0.1, -0.05) is 20.3 Å². The van der Waals surface area contributed by atoms with Crippen LogP contribution >= 0.6 is 0 Å². The first-order chi connectivity index (χ1) is 10.6. The average molecular weight is 304 g/mol. The maximum absolute atomic E-state index is 8.26. The van der Waals surface area contributed by atoms with Gasteiger partial charge in [-0.3, -0.25) is 10.4 Å². The molecular weight excluding hydrogens is 280 g/mol. The van der Waals surface area contributed by atoms with Crippen molar-refractivity contribution in [1.29, 1.82) is 5.41 Å². The number of pyridine rings is 1. The summed E-state index contributed by atoms with van der Waals surface area (Å²) in [5.74, 6) is 0.768. The Bertz CT molecular complexity index is 690.